The molecular formula is C14H20Br2N2O2. The van der Waals surface area contributed by atoms with Gasteiger partial charge >= 0.3 is 0 Å². The van der Waals surface area contributed by atoms with Crippen molar-refractivity contribution in [1.82, 2.24) is 5.32 Å². The molecule has 112 valence electrons. The molecule has 0 aliphatic rings. The van der Waals surface area contributed by atoms with Gasteiger partial charge in [-0.15, -0.1) is 0 Å². The molecule has 3 N–H and O–H groups in total. The lowest BCUT2D eigenvalue weighted by molar-refractivity contribution is -0.123. The fourth-order valence-electron chi connectivity index (χ4n) is 1.62. The van der Waals surface area contributed by atoms with Crippen LogP contribution in [0, 0.1) is 0 Å². The fraction of sp³-hybridized carbons (Fsp3) is 0.500. The first kappa shape index (κ1) is 17.5. The second-order valence-electron chi connectivity index (χ2n) is 4.59. The SMILES string of the molecule is CCC(C)NC(=O)COc1c(Br)cc(CCN)cc1Br. The van der Waals surface area contributed by atoms with Gasteiger partial charge in [-0.05, 0) is 75.9 Å². The Bertz CT molecular complexity index is 443. The van der Waals surface area contributed by atoms with Crippen LogP contribution in [0.3, 0.4) is 0 Å². The van der Waals surface area contributed by atoms with Crippen molar-refractivity contribution in [2.45, 2.75) is 32.7 Å². The molecule has 0 aliphatic heterocycles. The number of hydrogen-bond acceptors (Lipinski definition) is 3. The molecule has 0 radical (unpaired) electrons. The quantitative estimate of drug-likeness (QED) is 0.730. The summed E-state index contributed by atoms with van der Waals surface area (Å²) in [6.07, 6.45) is 1.69. The van der Waals surface area contributed by atoms with Gasteiger partial charge < -0.3 is 15.8 Å². The van der Waals surface area contributed by atoms with Gasteiger partial charge in [0.1, 0.15) is 5.75 Å². The number of nitrogens with one attached hydrogen (secondary N) is 1. The zero-order chi connectivity index (χ0) is 15.1. The molecule has 1 aromatic carbocycles. The second kappa shape index (κ2) is 8.64. The van der Waals surface area contributed by atoms with Gasteiger partial charge in [-0.2, -0.15) is 0 Å². The van der Waals surface area contributed by atoms with Crippen molar-refractivity contribution in [2.75, 3.05) is 13.2 Å². The van der Waals surface area contributed by atoms with Gasteiger partial charge in [0.05, 0.1) is 8.95 Å². The monoisotopic (exact) mass is 406 g/mol. The van der Waals surface area contributed by atoms with Crippen LogP contribution in [-0.2, 0) is 11.2 Å². The highest BCUT2D eigenvalue weighted by Crippen LogP contribution is 2.34. The Morgan fingerprint density at radius 3 is 2.50 bits per heavy atom. The molecule has 0 bridgehead atoms. The van der Waals surface area contributed by atoms with Gasteiger partial charge in [-0.1, -0.05) is 6.92 Å². The van der Waals surface area contributed by atoms with E-state index >= 15 is 0 Å². The molecule has 0 heterocycles. The predicted octanol–water partition coefficient (Wildman–Crippen LogP) is 3.01. The lowest BCUT2D eigenvalue weighted by Crippen LogP contribution is -2.35. The van der Waals surface area contributed by atoms with E-state index in [1.54, 1.807) is 0 Å². The minimum Gasteiger partial charge on any atom is -0.481 e. The topological polar surface area (TPSA) is 64.3 Å². The van der Waals surface area contributed by atoms with Gasteiger partial charge in [-0.3, -0.25) is 4.79 Å². The van der Waals surface area contributed by atoms with E-state index in [1.807, 2.05) is 26.0 Å². The van der Waals surface area contributed by atoms with E-state index in [4.69, 9.17) is 10.5 Å². The van der Waals surface area contributed by atoms with Crippen LogP contribution in [0.1, 0.15) is 25.8 Å². The first-order valence-electron chi connectivity index (χ1n) is 6.58. The average Bonchev–Trinajstić information content (AvgIpc) is 2.37. The maximum absolute atomic E-state index is 11.7. The molecular weight excluding hydrogens is 388 g/mol. The van der Waals surface area contributed by atoms with E-state index in [0.29, 0.717) is 12.3 Å². The van der Waals surface area contributed by atoms with Crippen LogP contribution in [-0.4, -0.2) is 25.1 Å². The van der Waals surface area contributed by atoms with E-state index < -0.39 is 0 Å². The summed E-state index contributed by atoms with van der Waals surface area (Å²) in [5, 5.41) is 2.86. The van der Waals surface area contributed by atoms with Gasteiger partial charge in [-0.25, -0.2) is 0 Å². The van der Waals surface area contributed by atoms with Crippen LogP contribution in [0.15, 0.2) is 21.1 Å². The van der Waals surface area contributed by atoms with E-state index in [-0.39, 0.29) is 18.6 Å². The first-order chi connectivity index (χ1) is 9.47. The maximum atomic E-state index is 11.7. The number of carbonyl (C=O) groups excluding carboxylic acids is 1. The van der Waals surface area contributed by atoms with Crippen LogP contribution >= 0.6 is 31.9 Å². The number of nitrogens with two attached hydrogens (primary N) is 1. The summed E-state index contributed by atoms with van der Waals surface area (Å²) in [7, 11) is 0. The molecule has 1 unspecified atom stereocenters. The molecule has 1 amide bonds. The van der Waals surface area contributed by atoms with Crippen molar-refractivity contribution in [3.05, 3.63) is 26.6 Å². The molecule has 4 nitrogen and oxygen atoms in total. The van der Waals surface area contributed by atoms with Crippen molar-refractivity contribution in [3.63, 3.8) is 0 Å². The Morgan fingerprint density at radius 1 is 1.40 bits per heavy atom. The van der Waals surface area contributed by atoms with E-state index in [2.05, 4.69) is 37.2 Å². The molecule has 1 rings (SSSR count). The van der Waals surface area contributed by atoms with E-state index in [1.165, 1.54) is 0 Å². The van der Waals surface area contributed by atoms with Crippen LogP contribution in [0.25, 0.3) is 0 Å². The third-order valence-corrected chi connectivity index (χ3v) is 4.04. The Kier molecular flexibility index (Phi) is 7.55. The summed E-state index contributed by atoms with van der Waals surface area (Å²) in [5.41, 5.74) is 6.66. The lowest BCUT2D eigenvalue weighted by atomic mass is 10.1. The molecule has 0 saturated carbocycles. The van der Waals surface area contributed by atoms with Crippen LogP contribution in [0.2, 0.25) is 0 Å². The van der Waals surface area contributed by atoms with Crippen molar-refractivity contribution in [1.29, 1.82) is 0 Å². The number of benzene rings is 1. The van der Waals surface area contributed by atoms with Gasteiger partial charge in [0.25, 0.3) is 5.91 Å². The lowest BCUT2D eigenvalue weighted by Gasteiger charge is -2.14. The number of amides is 1. The number of hydrogen-bond donors (Lipinski definition) is 2. The third kappa shape index (κ3) is 5.42. The summed E-state index contributed by atoms with van der Waals surface area (Å²) in [6.45, 7) is 4.58. The summed E-state index contributed by atoms with van der Waals surface area (Å²) < 4.78 is 7.19. The average molecular weight is 408 g/mol. The van der Waals surface area contributed by atoms with Crippen molar-refractivity contribution < 1.29 is 9.53 Å². The number of halogens is 2. The van der Waals surface area contributed by atoms with Crippen molar-refractivity contribution in [2.24, 2.45) is 5.73 Å². The number of ether oxygens (including phenoxy) is 1. The molecule has 1 aromatic rings. The standard InChI is InChI=1S/C14H20Br2N2O2/c1-3-9(2)18-13(19)8-20-14-11(15)6-10(4-5-17)7-12(14)16/h6-7,9H,3-5,8,17H2,1-2H3,(H,18,19). The van der Waals surface area contributed by atoms with Crippen LogP contribution in [0.5, 0.6) is 5.75 Å². The Hall–Kier alpha value is -0.590. The summed E-state index contributed by atoms with van der Waals surface area (Å²) in [4.78, 5) is 11.7. The minimum atomic E-state index is -0.121. The molecule has 0 spiro atoms. The fourth-order valence-corrected chi connectivity index (χ4v) is 3.13. The van der Waals surface area contributed by atoms with Gasteiger partial charge in [0.2, 0.25) is 0 Å². The van der Waals surface area contributed by atoms with Gasteiger partial charge in [0, 0.05) is 6.04 Å². The molecule has 0 aliphatic carbocycles. The highest BCUT2D eigenvalue weighted by molar-refractivity contribution is 9.11. The highest BCUT2D eigenvalue weighted by atomic mass is 79.9. The van der Waals surface area contributed by atoms with Gasteiger partial charge in [0.15, 0.2) is 6.61 Å². The number of carbonyl (C=O) groups is 1. The maximum Gasteiger partial charge on any atom is 0.258 e. The normalized spacial score (nSPS) is 12.1. The van der Waals surface area contributed by atoms with Crippen molar-refractivity contribution in [3.8, 4) is 5.75 Å². The van der Waals surface area contributed by atoms with Crippen LogP contribution in [0.4, 0.5) is 0 Å². The second-order valence-corrected chi connectivity index (χ2v) is 6.30. The third-order valence-electron chi connectivity index (χ3n) is 2.86. The van der Waals surface area contributed by atoms with E-state index in [9.17, 15) is 4.79 Å². The summed E-state index contributed by atoms with van der Waals surface area (Å²) in [5.74, 6) is 0.509. The van der Waals surface area contributed by atoms with E-state index in [0.717, 1.165) is 27.4 Å². The summed E-state index contributed by atoms with van der Waals surface area (Å²) >= 11 is 6.91. The van der Waals surface area contributed by atoms with Crippen LogP contribution < -0.4 is 15.8 Å². The molecule has 6 heteroatoms. The summed E-state index contributed by atoms with van der Waals surface area (Å²) in [6, 6.07) is 4.07. The Balaban J connectivity index is 2.66. The Labute approximate surface area is 136 Å². The molecule has 0 fully saturated rings. The minimum absolute atomic E-state index is 0.00221. The van der Waals surface area contributed by atoms with Crippen molar-refractivity contribution >= 4 is 37.8 Å². The molecule has 0 aromatic heterocycles. The number of rotatable bonds is 7. The molecule has 0 saturated heterocycles. The smallest absolute Gasteiger partial charge is 0.258 e. The molecule has 20 heavy (non-hydrogen) atoms. The molecule has 1 atom stereocenters. The Morgan fingerprint density at radius 2 is 2.00 bits per heavy atom. The zero-order valence-corrected chi connectivity index (χ0v) is 14.9. The first-order valence-corrected chi connectivity index (χ1v) is 8.16. The predicted molar refractivity (Wildman–Crippen MR) is 88.0 cm³/mol. The zero-order valence-electron chi connectivity index (χ0n) is 11.7. The largest absolute Gasteiger partial charge is 0.481 e. The highest BCUT2D eigenvalue weighted by Gasteiger charge is 2.12.